The molecular weight excluding hydrogens is 370 g/mol. The third-order valence-corrected chi connectivity index (χ3v) is 6.53. The molecule has 1 amide bonds. The minimum atomic E-state index is -0.993. The Morgan fingerprint density at radius 3 is 2.24 bits per heavy atom. The zero-order valence-corrected chi connectivity index (χ0v) is 16.0. The fraction of sp³-hybridized carbons (Fsp3) is 0.391. The van der Waals surface area contributed by atoms with Gasteiger partial charge in [-0.25, -0.2) is 9.59 Å². The van der Waals surface area contributed by atoms with Crippen molar-refractivity contribution in [1.82, 2.24) is 4.90 Å². The predicted octanol–water partition coefficient (Wildman–Crippen LogP) is 3.64. The Hall–Kier alpha value is -2.86. The Labute approximate surface area is 169 Å². The molecule has 1 N–H and O–H groups in total. The molecule has 150 valence electrons. The first-order chi connectivity index (χ1) is 14.1. The van der Waals surface area contributed by atoms with E-state index in [1.807, 2.05) is 24.3 Å². The van der Waals surface area contributed by atoms with Gasteiger partial charge in [0.2, 0.25) is 0 Å². The number of nitrogens with zero attached hydrogens (tertiary/aromatic N) is 1. The van der Waals surface area contributed by atoms with Crippen molar-refractivity contribution in [1.29, 1.82) is 0 Å². The van der Waals surface area contributed by atoms with Crippen LogP contribution >= 0.6 is 0 Å². The molecule has 0 radical (unpaired) electrons. The van der Waals surface area contributed by atoms with Crippen molar-refractivity contribution in [3.05, 3.63) is 59.7 Å². The van der Waals surface area contributed by atoms with Crippen molar-refractivity contribution in [2.45, 2.75) is 36.8 Å². The van der Waals surface area contributed by atoms with Crippen molar-refractivity contribution >= 4 is 12.1 Å². The van der Waals surface area contributed by atoms with Crippen molar-refractivity contribution in [3.63, 3.8) is 0 Å². The van der Waals surface area contributed by atoms with Gasteiger partial charge in [-0.05, 0) is 35.1 Å². The van der Waals surface area contributed by atoms with E-state index >= 15 is 0 Å². The first kappa shape index (κ1) is 18.2. The number of likely N-dealkylation sites (tertiary alicyclic amines) is 1. The lowest BCUT2D eigenvalue weighted by atomic mass is 9.83. The van der Waals surface area contributed by atoms with Gasteiger partial charge in [0.05, 0.1) is 18.8 Å². The van der Waals surface area contributed by atoms with E-state index in [1.54, 1.807) is 0 Å². The fourth-order valence-electron chi connectivity index (χ4n) is 4.89. The first-order valence-corrected chi connectivity index (χ1v) is 10.1. The van der Waals surface area contributed by atoms with Crippen LogP contribution in [0.1, 0.15) is 36.3 Å². The maximum absolute atomic E-state index is 12.9. The van der Waals surface area contributed by atoms with E-state index in [9.17, 15) is 14.7 Å². The molecule has 5 rings (SSSR count). The molecule has 3 aliphatic rings. The van der Waals surface area contributed by atoms with E-state index in [-0.39, 0.29) is 19.1 Å². The van der Waals surface area contributed by atoms with Gasteiger partial charge >= 0.3 is 12.1 Å². The number of hydrogen-bond acceptors (Lipinski definition) is 4. The molecule has 2 heterocycles. The van der Waals surface area contributed by atoms with E-state index in [2.05, 4.69) is 24.3 Å². The summed E-state index contributed by atoms with van der Waals surface area (Å²) in [6.07, 6.45) is 1.33. The topological polar surface area (TPSA) is 76.1 Å². The summed E-state index contributed by atoms with van der Waals surface area (Å²) >= 11 is 0. The van der Waals surface area contributed by atoms with Crippen molar-refractivity contribution in [3.8, 4) is 11.1 Å². The van der Waals surface area contributed by atoms with Gasteiger partial charge in [0, 0.05) is 12.3 Å². The third kappa shape index (κ3) is 2.99. The van der Waals surface area contributed by atoms with Crippen LogP contribution in [0.3, 0.4) is 0 Å². The Morgan fingerprint density at radius 1 is 1.07 bits per heavy atom. The number of rotatable bonds is 3. The summed E-state index contributed by atoms with van der Waals surface area (Å²) in [5.74, 6) is -1.04. The molecule has 6 nitrogen and oxygen atoms in total. The van der Waals surface area contributed by atoms with Crippen LogP contribution in [0, 0.1) is 0 Å². The predicted molar refractivity (Wildman–Crippen MR) is 106 cm³/mol. The minimum Gasteiger partial charge on any atom is -0.480 e. The number of carbonyl (C=O) groups excluding carboxylic acids is 1. The fourth-order valence-corrected chi connectivity index (χ4v) is 4.89. The number of benzene rings is 2. The zero-order valence-electron chi connectivity index (χ0n) is 16.0. The third-order valence-electron chi connectivity index (χ3n) is 6.53. The highest BCUT2D eigenvalue weighted by molar-refractivity contribution is 5.81. The molecule has 0 unspecified atom stereocenters. The van der Waals surface area contributed by atoms with Crippen LogP contribution in [-0.2, 0) is 14.3 Å². The molecule has 1 aliphatic carbocycles. The Kier molecular flexibility index (Phi) is 4.32. The molecule has 0 bridgehead atoms. The van der Waals surface area contributed by atoms with E-state index in [1.165, 1.54) is 4.90 Å². The number of hydrogen-bond donors (Lipinski definition) is 1. The summed E-state index contributed by atoms with van der Waals surface area (Å²) in [5.41, 5.74) is 4.19. The molecule has 2 atom stereocenters. The molecule has 2 saturated heterocycles. The van der Waals surface area contributed by atoms with Crippen LogP contribution in [0.5, 0.6) is 0 Å². The number of ether oxygens (including phenoxy) is 2. The summed E-state index contributed by atoms with van der Waals surface area (Å²) in [4.78, 5) is 25.9. The van der Waals surface area contributed by atoms with Crippen molar-refractivity contribution in [2.24, 2.45) is 0 Å². The van der Waals surface area contributed by atoms with Gasteiger partial charge in [0.1, 0.15) is 12.6 Å². The van der Waals surface area contributed by atoms with E-state index < -0.39 is 23.7 Å². The molecule has 1 spiro atoms. The van der Waals surface area contributed by atoms with Gasteiger partial charge in [-0.15, -0.1) is 0 Å². The smallest absolute Gasteiger partial charge is 0.410 e. The molecule has 6 heteroatoms. The average Bonchev–Trinajstić information content (AvgIpc) is 3.04. The summed E-state index contributed by atoms with van der Waals surface area (Å²) < 4.78 is 11.4. The van der Waals surface area contributed by atoms with Gasteiger partial charge in [0.25, 0.3) is 0 Å². The van der Waals surface area contributed by atoms with Gasteiger partial charge in [0.15, 0.2) is 0 Å². The number of aliphatic carboxylic acids is 1. The maximum Gasteiger partial charge on any atom is 0.410 e. The first-order valence-electron chi connectivity index (χ1n) is 10.1. The Balaban J connectivity index is 1.35. The van der Waals surface area contributed by atoms with Gasteiger partial charge in [-0.3, -0.25) is 4.90 Å². The summed E-state index contributed by atoms with van der Waals surface area (Å²) in [7, 11) is 0. The lowest BCUT2D eigenvalue weighted by Gasteiger charge is -2.49. The number of piperidine rings is 1. The Bertz CT molecular complexity index is 922. The van der Waals surface area contributed by atoms with Gasteiger partial charge in [-0.2, -0.15) is 0 Å². The van der Waals surface area contributed by atoms with Crippen LogP contribution in [0.25, 0.3) is 11.1 Å². The van der Waals surface area contributed by atoms with Gasteiger partial charge < -0.3 is 14.6 Å². The second-order valence-electron chi connectivity index (χ2n) is 8.11. The maximum atomic E-state index is 12.9. The molecular formula is C23H23NO5. The monoisotopic (exact) mass is 393 g/mol. The molecule has 0 saturated carbocycles. The van der Waals surface area contributed by atoms with Gasteiger partial charge in [-0.1, -0.05) is 48.5 Å². The second kappa shape index (κ2) is 6.88. The molecule has 2 fully saturated rings. The summed E-state index contributed by atoms with van der Waals surface area (Å²) in [5, 5.41) is 9.57. The SMILES string of the molecule is O=C(O)[C@@H]1CC[C@@]2(CCO2)CN1C(=O)OCC1c2ccccc2-c2ccccc21. The quantitative estimate of drug-likeness (QED) is 0.862. The zero-order chi connectivity index (χ0) is 20.0. The number of fused-ring (bicyclic) bond motifs is 3. The lowest BCUT2D eigenvalue weighted by molar-refractivity contribution is -0.185. The lowest BCUT2D eigenvalue weighted by Crippen LogP contribution is -2.62. The van der Waals surface area contributed by atoms with E-state index in [0.717, 1.165) is 28.7 Å². The standard InChI is InChI=1S/C23H23NO5/c25-21(26)20-9-10-23(11-12-29-23)14-24(20)22(27)28-13-19-17-7-3-1-5-15(17)16-6-2-4-8-18(16)19/h1-8,19-20H,9-14H2,(H,25,26)/t20-,23+/m0/s1. The normalized spacial score (nSPS) is 25.2. The number of amides is 1. The minimum absolute atomic E-state index is 0.0478. The molecule has 2 aromatic rings. The van der Waals surface area contributed by atoms with Crippen molar-refractivity contribution < 1.29 is 24.2 Å². The molecule has 2 aromatic carbocycles. The van der Waals surface area contributed by atoms with Crippen LogP contribution in [0.15, 0.2) is 48.5 Å². The molecule has 2 aliphatic heterocycles. The highest BCUT2D eigenvalue weighted by Gasteiger charge is 2.49. The highest BCUT2D eigenvalue weighted by atomic mass is 16.6. The van der Waals surface area contributed by atoms with Crippen LogP contribution < -0.4 is 0 Å². The summed E-state index contributed by atoms with van der Waals surface area (Å²) in [6.45, 7) is 1.13. The van der Waals surface area contributed by atoms with Crippen molar-refractivity contribution in [2.75, 3.05) is 19.8 Å². The number of carboxylic acids is 1. The summed E-state index contributed by atoms with van der Waals surface area (Å²) in [6, 6.07) is 15.4. The molecule has 29 heavy (non-hydrogen) atoms. The van der Waals surface area contributed by atoms with Crippen LogP contribution in [-0.4, -0.2) is 53.5 Å². The largest absolute Gasteiger partial charge is 0.480 e. The average molecular weight is 393 g/mol. The number of carbonyl (C=O) groups is 2. The second-order valence-corrected chi connectivity index (χ2v) is 8.11. The Morgan fingerprint density at radius 2 is 1.69 bits per heavy atom. The number of carboxylic acid groups (broad SMARTS) is 1. The van der Waals surface area contributed by atoms with Crippen LogP contribution in [0.2, 0.25) is 0 Å². The highest BCUT2D eigenvalue weighted by Crippen LogP contribution is 2.45. The van der Waals surface area contributed by atoms with E-state index in [0.29, 0.717) is 19.4 Å². The molecule has 0 aromatic heterocycles. The van der Waals surface area contributed by atoms with Crippen LogP contribution in [0.4, 0.5) is 4.79 Å². The van der Waals surface area contributed by atoms with E-state index in [4.69, 9.17) is 9.47 Å².